The zero-order chi connectivity index (χ0) is 45.0. The summed E-state index contributed by atoms with van der Waals surface area (Å²) in [7, 11) is 1.44. The number of hydrogen-bond acceptors (Lipinski definition) is 7. The summed E-state index contributed by atoms with van der Waals surface area (Å²) in [5, 5.41) is 0. The first kappa shape index (κ1) is 59.0. The number of phosphoric acid groups is 1. The number of esters is 2. The Labute approximate surface area is 375 Å². The van der Waals surface area contributed by atoms with Crippen molar-refractivity contribution >= 4 is 19.8 Å². The lowest BCUT2D eigenvalue weighted by Crippen LogP contribution is -2.37. The summed E-state index contributed by atoms with van der Waals surface area (Å²) < 4.78 is 34.3. The lowest BCUT2D eigenvalue weighted by molar-refractivity contribution is -0.870. The molecule has 10 heteroatoms. The molecule has 1 unspecified atom stereocenters. The third kappa shape index (κ3) is 47.3. The normalized spacial score (nSPS) is 13.9. The van der Waals surface area contributed by atoms with E-state index in [0.717, 1.165) is 44.9 Å². The van der Waals surface area contributed by atoms with Gasteiger partial charge in [0.1, 0.15) is 19.8 Å². The smallest absolute Gasteiger partial charge is 0.462 e. The fraction of sp³-hybridized carbons (Fsp3) is 0.804. The number of carbonyl (C=O) groups excluding carboxylic acids is 2. The molecule has 356 valence electrons. The molecule has 0 aliphatic heterocycles. The number of nitrogens with zero attached hydrogens (tertiary/aromatic N) is 1. The van der Waals surface area contributed by atoms with Crippen molar-refractivity contribution in [1.82, 2.24) is 0 Å². The van der Waals surface area contributed by atoms with Gasteiger partial charge in [0.2, 0.25) is 0 Å². The molecule has 9 nitrogen and oxygen atoms in total. The molecule has 0 heterocycles. The van der Waals surface area contributed by atoms with Gasteiger partial charge in [-0.15, -0.1) is 0 Å². The standard InChI is InChI=1S/C51H94NO8P/c1-6-8-10-12-14-16-18-20-22-24-25-26-27-28-30-32-34-36-38-40-42-44-51(54)60-49(48-59-61(55,56)58-46-45-52(3,4)5)47-57-50(53)43-41-39-37-35-33-31-29-23-21-19-17-15-13-11-9-7-2/h22,24,26-27,30,32,36,38,49H,6-21,23,25,28-29,31,33-35,37,39-48H2,1-5H3/p+1/b24-22+,27-26+,32-30+,38-36+/t49-/m1/s1. The summed E-state index contributed by atoms with van der Waals surface area (Å²) >= 11 is 0. The molecule has 0 amide bonds. The van der Waals surface area contributed by atoms with Crippen molar-refractivity contribution in [2.24, 2.45) is 0 Å². The Kier molecular flexibility index (Phi) is 41.8. The van der Waals surface area contributed by atoms with Gasteiger partial charge in [-0.1, -0.05) is 197 Å². The lowest BCUT2D eigenvalue weighted by atomic mass is 10.0. The summed E-state index contributed by atoms with van der Waals surface area (Å²) in [6, 6.07) is 0. The molecule has 0 radical (unpaired) electrons. The van der Waals surface area contributed by atoms with E-state index in [-0.39, 0.29) is 32.0 Å². The van der Waals surface area contributed by atoms with Crippen LogP contribution < -0.4 is 0 Å². The second-order valence-electron chi connectivity index (χ2n) is 17.9. The van der Waals surface area contributed by atoms with Crippen LogP contribution in [0.15, 0.2) is 48.6 Å². The fourth-order valence-corrected chi connectivity index (χ4v) is 7.45. The van der Waals surface area contributed by atoms with E-state index in [0.29, 0.717) is 17.4 Å². The van der Waals surface area contributed by atoms with Gasteiger partial charge in [0.25, 0.3) is 0 Å². The second kappa shape index (κ2) is 43.2. The largest absolute Gasteiger partial charge is 0.472 e. The molecule has 0 aromatic rings. The molecular weight excluding hydrogens is 786 g/mol. The average Bonchev–Trinajstić information content (AvgIpc) is 3.21. The maximum absolute atomic E-state index is 12.7. The van der Waals surface area contributed by atoms with Crippen molar-refractivity contribution in [2.75, 3.05) is 47.5 Å². The van der Waals surface area contributed by atoms with Crippen molar-refractivity contribution in [3.8, 4) is 0 Å². The number of unbranched alkanes of at least 4 members (excludes halogenated alkanes) is 23. The van der Waals surface area contributed by atoms with E-state index >= 15 is 0 Å². The highest BCUT2D eigenvalue weighted by molar-refractivity contribution is 7.47. The van der Waals surface area contributed by atoms with E-state index in [1.165, 1.54) is 135 Å². The van der Waals surface area contributed by atoms with Crippen LogP contribution in [0.2, 0.25) is 0 Å². The van der Waals surface area contributed by atoms with Crippen LogP contribution in [0.3, 0.4) is 0 Å². The zero-order valence-electron chi connectivity index (χ0n) is 40.1. The minimum absolute atomic E-state index is 0.0215. The first-order valence-corrected chi connectivity index (χ1v) is 26.4. The Morgan fingerprint density at radius 3 is 1.36 bits per heavy atom. The molecule has 0 fully saturated rings. The number of likely N-dealkylation sites (N-methyl/N-ethyl adjacent to an activating group) is 1. The van der Waals surface area contributed by atoms with Crippen molar-refractivity contribution in [2.45, 2.75) is 219 Å². The van der Waals surface area contributed by atoms with Crippen LogP contribution >= 0.6 is 7.82 Å². The molecule has 0 aliphatic rings. The Morgan fingerprint density at radius 1 is 0.508 bits per heavy atom. The van der Waals surface area contributed by atoms with Gasteiger partial charge in [-0.25, -0.2) is 4.57 Å². The van der Waals surface area contributed by atoms with Crippen LogP contribution in [-0.4, -0.2) is 74.9 Å². The minimum Gasteiger partial charge on any atom is -0.462 e. The van der Waals surface area contributed by atoms with Gasteiger partial charge in [-0.3, -0.25) is 18.6 Å². The van der Waals surface area contributed by atoms with Crippen molar-refractivity contribution in [3.05, 3.63) is 48.6 Å². The summed E-state index contributed by atoms with van der Waals surface area (Å²) in [5.74, 6) is -0.858. The Bertz CT molecular complexity index is 1180. The molecule has 0 saturated heterocycles. The molecule has 1 N–H and O–H groups in total. The highest BCUT2D eigenvalue weighted by Gasteiger charge is 2.27. The minimum atomic E-state index is -4.39. The third-order valence-corrected chi connectivity index (χ3v) is 11.6. The highest BCUT2D eigenvalue weighted by atomic mass is 31.2. The number of phosphoric ester groups is 1. The maximum Gasteiger partial charge on any atom is 0.472 e. The van der Waals surface area contributed by atoms with Gasteiger partial charge in [0.05, 0.1) is 27.7 Å². The first-order chi connectivity index (χ1) is 29.5. The monoisotopic (exact) mass is 881 g/mol. The van der Waals surface area contributed by atoms with Gasteiger partial charge in [-0.05, 0) is 51.4 Å². The van der Waals surface area contributed by atoms with Crippen LogP contribution in [0.1, 0.15) is 213 Å². The molecule has 0 rings (SSSR count). The Morgan fingerprint density at radius 2 is 0.902 bits per heavy atom. The molecule has 0 bridgehead atoms. The number of allylic oxidation sites excluding steroid dienone is 8. The van der Waals surface area contributed by atoms with E-state index in [9.17, 15) is 19.0 Å². The molecule has 0 spiro atoms. The SMILES string of the molecule is CCCCCCCCC/C=C/C/C=C/C/C=C/C/C=C/CCCC(=O)O[C@H](COC(=O)CCCCCCCCCCCCCCCCCC)COP(=O)(O)OCC[N+](C)(C)C. The molecule has 2 atom stereocenters. The molecule has 0 aliphatic carbocycles. The van der Waals surface area contributed by atoms with Crippen LogP contribution in [0.5, 0.6) is 0 Å². The fourth-order valence-electron chi connectivity index (χ4n) is 6.71. The number of hydrogen-bond donors (Lipinski definition) is 1. The number of rotatable bonds is 45. The third-order valence-electron chi connectivity index (χ3n) is 10.6. The van der Waals surface area contributed by atoms with E-state index in [4.69, 9.17) is 18.5 Å². The summed E-state index contributed by atoms with van der Waals surface area (Å²) in [4.78, 5) is 35.5. The van der Waals surface area contributed by atoms with Crippen molar-refractivity contribution in [3.63, 3.8) is 0 Å². The summed E-state index contributed by atoms with van der Waals surface area (Å²) in [5.41, 5.74) is 0. The van der Waals surface area contributed by atoms with Crippen LogP contribution in [0, 0.1) is 0 Å². The second-order valence-corrected chi connectivity index (χ2v) is 19.3. The first-order valence-electron chi connectivity index (χ1n) is 24.9. The Hall–Kier alpha value is -2.03. The summed E-state index contributed by atoms with van der Waals surface area (Å²) in [6.45, 7) is 4.38. The zero-order valence-corrected chi connectivity index (χ0v) is 41.0. The van der Waals surface area contributed by atoms with E-state index < -0.39 is 26.5 Å². The van der Waals surface area contributed by atoms with Gasteiger partial charge in [-0.2, -0.15) is 0 Å². The Balaban J connectivity index is 4.38. The number of quaternary nitrogens is 1. The van der Waals surface area contributed by atoms with Crippen LogP contribution in [0.4, 0.5) is 0 Å². The van der Waals surface area contributed by atoms with Crippen molar-refractivity contribution < 1.29 is 42.1 Å². The molecule has 0 saturated carbocycles. The average molecular weight is 881 g/mol. The van der Waals surface area contributed by atoms with Crippen molar-refractivity contribution in [1.29, 1.82) is 0 Å². The van der Waals surface area contributed by atoms with E-state index in [1.807, 2.05) is 21.1 Å². The van der Waals surface area contributed by atoms with E-state index in [2.05, 4.69) is 62.5 Å². The number of ether oxygens (including phenoxy) is 2. The van der Waals surface area contributed by atoms with Crippen LogP contribution in [-0.2, 0) is 32.7 Å². The molecule has 0 aromatic carbocycles. The number of carbonyl (C=O) groups is 2. The predicted octanol–water partition coefficient (Wildman–Crippen LogP) is 14.6. The predicted molar refractivity (Wildman–Crippen MR) is 257 cm³/mol. The van der Waals surface area contributed by atoms with E-state index in [1.54, 1.807) is 0 Å². The van der Waals surface area contributed by atoms with Gasteiger partial charge in [0, 0.05) is 12.8 Å². The van der Waals surface area contributed by atoms with Gasteiger partial charge in [0.15, 0.2) is 6.10 Å². The van der Waals surface area contributed by atoms with Gasteiger partial charge >= 0.3 is 19.8 Å². The topological polar surface area (TPSA) is 108 Å². The summed E-state index contributed by atoms with van der Waals surface area (Å²) in [6.07, 6.45) is 51.7. The quantitative estimate of drug-likeness (QED) is 0.0212. The molecule has 61 heavy (non-hydrogen) atoms. The maximum atomic E-state index is 12.7. The molecular formula is C51H95NO8P+. The highest BCUT2D eigenvalue weighted by Crippen LogP contribution is 2.43. The van der Waals surface area contributed by atoms with Crippen LogP contribution in [0.25, 0.3) is 0 Å². The lowest BCUT2D eigenvalue weighted by Gasteiger charge is -2.24. The molecule has 0 aromatic heterocycles. The van der Waals surface area contributed by atoms with Gasteiger partial charge < -0.3 is 18.9 Å².